The monoisotopic (exact) mass is 424 g/mol. The molecule has 1 aromatic carbocycles. The van der Waals surface area contributed by atoms with Crippen molar-refractivity contribution in [3.63, 3.8) is 0 Å². The molecule has 0 saturated carbocycles. The van der Waals surface area contributed by atoms with Gasteiger partial charge in [0, 0.05) is 6.42 Å². The van der Waals surface area contributed by atoms with Crippen molar-refractivity contribution in [2.24, 2.45) is 5.73 Å². The molecule has 11 nitrogen and oxygen atoms in total. The van der Waals surface area contributed by atoms with Crippen LogP contribution in [0, 0.1) is 0 Å². The average Bonchev–Trinajstić information content (AvgIpc) is 2.69. The molecule has 1 aromatic rings. The Hall–Kier alpha value is -3.02. The van der Waals surface area contributed by atoms with E-state index in [0.717, 1.165) is 0 Å². The molecule has 3 amide bonds. The Balaban J connectivity index is 3.02. The van der Waals surface area contributed by atoms with Gasteiger partial charge in [-0.1, -0.05) is 30.3 Å². The zero-order chi connectivity index (χ0) is 22.8. The maximum Gasteiger partial charge on any atom is 0.328 e. The van der Waals surface area contributed by atoms with Gasteiger partial charge in [0.15, 0.2) is 6.04 Å². The van der Waals surface area contributed by atoms with Crippen molar-refractivity contribution < 1.29 is 34.5 Å². The van der Waals surface area contributed by atoms with Crippen molar-refractivity contribution in [2.75, 3.05) is 6.61 Å². The number of nitrogens with one attached hydrogen (secondary N) is 3. The second kappa shape index (κ2) is 11.9. The maximum absolute atomic E-state index is 12.7. The first-order chi connectivity index (χ1) is 14.1. The van der Waals surface area contributed by atoms with Crippen LogP contribution in [-0.2, 0) is 25.6 Å². The lowest BCUT2D eigenvalue weighted by molar-refractivity contribution is -0.145. The van der Waals surface area contributed by atoms with Gasteiger partial charge in [-0.2, -0.15) is 0 Å². The number of carbonyl (C=O) groups is 4. The highest BCUT2D eigenvalue weighted by atomic mass is 16.4. The van der Waals surface area contributed by atoms with E-state index < -0.39 is 60.6 Å². The summed E-state index contributed by atoms with van der Waals surface area (Å²) in [6.07, 6.45) is -1.38. The van der Waals surface area contributed by atoms with Crippen LogP contribution in [0.4, 0.5) is 0 Å². The molecule has 166 valence electrons. The average molecular weight is 424 g/mol. The number of aliphatic hydroxyl groups excluding tert-OH is 2. The fraction of sp³-hybridized carbons (Fsp3) is 0.474. The molecule has 0 radical (unpaired) electrons. The van der Waals surface area contributed by atoms with Crippen molar-refractivity contribution in [1.82, 2.24) is 16.0 Å². The lowest BCUT2D eigenvalue weighted by atomic mass is 10.0. The SMILES string of the molecule is CC(N)C(=O)NC(CO)C(=O)NC(Cc1ccccc1)C(=O)NC(C(=O)O)C(C)O. The van der Waals surface area contributed by atoms with Crippen molar-refractivity contribution in [2.45, 2.75) is 50.5 Å². The molecule has 5 unspecified atom stereocenters. The number of carbonyl (C=O) groups excluding carboxylic acids is 3. The van der Waals surface area contributed by atoms with Gasteiger partial charge in [-0.25, -0.2) is 4.79 Å². The number of aliphatic hydroxyl groups is 2. The maximum atomic E-state index is 12.7. The molecule has 30 heavy (non-hydrogen) atoms. The summed E-state index contributed by atoms with van der Waals surface area (Å²) < 4.78 is 0. The third kappa shape index (κ3) is 7.78. The van der Waals surface area contributed by atoms with Gasteiger partial charge in [-0.05, 0) is 19.4 Å². The van der Waals surface area contributed by atoms with Crippen molar-refractivity contribution >= 4 is 23.7 Å². The van der Waals surface area contributed by atoms with Gasteiger partial charge in [0.1, 0.15) is 12.1 Å². The minimum atomic E-state index is -1.58. The molecule has 0 aliphatic heterocycles. The molecule has 0 heterocycles. The highest BCUT2D eigenvalue weighted by molar-refractivity contribution is 5.94. The second-order valence-electron chi connectivity index (χ2n) is 6.85. The van der Waals surface area contributed by atoms with Gasteiger partial charge < -0.3 is 37.0 Å². The highest BCUT2D eigenvalue weighted by Crippen LogP contribution is 2.05. The van der Waals surface area contributed by atoms with Crippen LogP contribution in [0.15, 0.2) is 30.3 Å². The lowest BCUT2D eigenvalue weighted by Gasteiger charge is -2.25. The van der Waals surface area contributed by atoms with Crippen molar-refractivity contribution in [3.8, 4) is 0 Å². The quantitative estimate of drug-likeness (QED) is 0.202. The van der Waals surface area contributed by atoms with E-state index in [4.69, 9.17) is 10.8 Å². The van der Waals surface area contributed by atoms with E-state index in [1.54, 1.807) is 30.3 Å². The first-order valence-corrected chi connectivity index (χ1v) is 9.29. The molecular weight excluding hydrogens is 396 g/mol. The van der Waals surface area contributed by atoms with E-state index in [1.807, 2.05) is 0 Å². The minimum Gasteiger partial charge on any atom is -0.480 e. The summed E-state index contributed by atoms with van der Waals surface area (Å²) in [5.41, 5.74) is 6.10. The van der Waals surface area contributed by atoms with E-state index in [-0.39, 0.29) is 6.42 Å². The Bertz CT molecular complexity index is 740. The molecule has 0 fully saturated rings. The lowest BCUT2D eigenvalue weighted by Crippen LogP contribution is -2.59. The Kier molecular flexibility index (Phi) is 9.89. The Morgan fingerprint density at radius 3 is 1.93 bits per heavy atom. The summed E-state index contributed by atoms with van der Waals surface area (Å²) >= 11 is 0. The van der Waals surface area contributed by atoms with Crippen LogP contribution in [0.5, 0.6) is 0 Å². The van der Waals surface area contributed by atoms with Crippen LogP contribution >= 0.6 is 0 Å². The summed E-state index contributed by atoms with van der Waals surface area (Å²) in [7, 11) is 0. The summed E-state index contributed by atoms with van der Waals surface area (Å²) in [4.78, 5) is 48.2. The zero-order valence-corrected chi connectivity index (χ0v) is 16.7. The molecular formula is C19H28N4O7. The van der Waals surface area contributed by atoms with Crippen LogP contribution in [0.1, 0.15) is 19.4 Å². The van der Waals surface area contributed by atoms with E-state index in [0.29, 0.717) is 5.56 Å². The first-order valence-electron chi connectivity index (χ1n) is 9.29. The fourth-order valence-corrected chi connectivity index (χ4v) is 2.47. The van der Waals surface area contributed by atoms with Crippen molar-refractivity contribution in [3.05, 3.63) is 35.9 Å². The van der Waals surface area contributed by atoms with Crippen LogP contribution in [0.25, 0.3) is 0 Å². The number of hydrogen-bond acceptors (Lipinski definition) is 7. The molecule has 5 atom stereocenters. The fourth-order valence-electron chi connectivity index (χ4n) is 2.47. The molecule has 0 aliphatic rings. The van der Waals surface area contributed by atoms with E-state index in [9.17, 15) is 29.4 Å². The number of rotatable bonds is 11. The van der Waals surface area contributed by atoms with Crippen LogP contribution in [0.3, 0.4) is 0 Å². The van der Waals surface area contributed by atoms with Gasteiger partial charge >= 0.3 is 5.97 Å². The van der Waals surface area contributed by atoms with Crippen LogP contribution < -0.4 is 21.7 Å². The summed E-state index contributed by atoms with van der Waals surface area (Å²) in [6, 6.07) is 3.52. The van der Waals surface area contributed by atoms with E-state index in [2.05, 4.69) is 16.0 Å². The Morgan fingerprint density at radius 2 is 1.47 bits per heavy atom. The summed E-state index contributed by atoms with van der Waals surface area (Å²) in [6.45, 7) is 1.86. The Morgan fingerprint density at radius 1 is 0.933 bits per heavy atom. The van der Waals surface area contributed by atoms with E-state index in [1.165, 1.54) is 13.8 Å². The van der Waals surface area contributed by atoms with Gasteiger partial charge in [0.05, 0.1) is 18.8 Å². The van der Waals surface area contributed by atoms with Gasteiger partial charge in [-0.3, -0.25) is 14.4 Å². The predicted octanol–water partition coefficient (Wildman–Crippen LogP) is -2.51. The normalized spacial score (nSPS) is 15.8. The molecule has 0 spiro atoms. The smallest absolute Gasteiger partial charge is 0.328 e. The number of nitrogens with two attached hydrogens (primary N) is 1. The zero-order valence-electron chi connectivity index (χ0n) is 16.7. The van der Waals surface area contributed by atoms with Crippen LogP contribution in [0.2, 0.25) is 0 Å². The van der Waals surface area contributed by atoms with Gasteiger partial charge in [0.25, 0.3) is 0 Å². The largest absolute Gasteiger partial charge is 0.480 e. The number of benzene rings is 1. The number of carboxylic acid groups (broad SMARTS) is 1. The Labute approximate surface area is 173 Å². The molecule has 11 heteroatoms. The topological polar surface area (TPSA) is 191 Å². The number of aliphatic carboxylic acids is 1. The third-order valence-electron chi connectivity index (χ3n) is 4.19. The number of amides is 3. The number of hydrogen-bond donors (Lipinski definition) is 7. The molecule has 0 saturated heterocycles. The summed E-state index contributed by atoms with van der Waals surface area (Å²) in [5, 5.41) is 35.0. The van der Waals surface area contributed by atoms with Crippen molar-refractivity contribution in [1.29, 1.82) is 0 Å². The molecule has 8 N–H and O–H groups in total. The predicted molar refractivity (Wildman–Crippen MR) is 106 cm³/mol. The first kappa shape index (κ1) is 25.0. The minimum absolute atomic E-state index is 0.00392. The molecule has 1 rings (SSSR count). The standard InChI is InChI=1S/C19H28N4O7/c1-10(20)16(26)22-14(9-24)18(28)21-13(8-12-6-4-3-5-7-12)17(27)23-15(11(2)25)19(29)30/h3-7,10-11,13-15,24-25H,8-9,20H2,1-2H3,(H,21,28)(H,22,26)(H,23,27)(H,29,30). The highest BCUT2D eigenvalue weighted by Gasteiger charge is 2.31. The number of carboxylic acids is 1. The second-order valence-corrected chi connectivity index (χ2v) is 6.85. The molecule has 0 aromatic heterocycles. The third-order valence-corrected chi connectivity index (χ3v) is 4.19. The summed E-state index contributed by atoms with van der Waals surface area (Å²) in [5.74, 6) is -3.82. The van der Waals surface area contributed by atoms with Gasteiger partial charge in [-0.15, -0.1) is 0 Å². The molecule has 0 aliphatic carbocycles. The van der Waals surface area contributed by atoms with E-state index >= 15 is 0 Å². The molecule has 0 bridgehead atoms. The van der Waals surface area contributed by atoms with Gasteiger partial charge in [0.2, 0.25) is 17.7 Å². The van der Waals surface area contributed by atoms with Crippen LogP contribution in [-0.4, -0.2) is 75.9 Å².